The van der Waals surface area contributed by atoms with E-state index >= 15 is 0 Å². The lowest BCUT2D eigenvalue weighted by atomic mass is 10.0. The van der Waals surface area contributed by atoms with Gasteiger partial charge in [0.25, 0.3) is 0 Å². The molecule has 2 heterocycles. The molecular weight excluding hydrogens is 309 g/mol. The molecule has 0 aliphatic rings. The maximum absolute atomic E-state index is 13.7. The molecule has 1 aromatic carbocycles. The number of fused-ring (bicyclic) bond motifs is 1. The molecule has 3 rings (SSSR count). The minimum atomic E-state index is -0.956. The molecule has 2 N–H and O–H groups in total. The Morgan fingerprint density at radius 2 is 2.00 bits per heavy atom. The van der Waals surface area contributed by atoms with Gasteiger partial charge in [-0.15, -0.1) is 0 Å². The molecular formula is C18H16FN3O2. The predicted octanol–water partition coefficient (Wildman–Crippen LogP) is 3.32. The summed E-state index contributed by atoms with van der Waals surface area (Å²) in [4.78, 5) is 19.6. The molecule has 3 aromatic rings. The van der Waals surface area contributed by atoms with Crippen LogP contribution in [0.4, 0.5) is 10.1 Å². The number of hydrogen-bond acceptors (Lipinski definition) is 4. The number of aliphatic carboxylic acids is 1. The van der Waals surface area contributed by atoms with Crippen LogP contribution in [0, 0.1) is 12.7 Å². The van der Waals surface area contributed by atoms with E-state index in [1.165, 1.54) is 12.1 Å². The van der Waals surface area contributed by atoms with Gasteiger partial charge in [0.05, 0.1) is 11.9 Å². The van der Waals surface area contributed by atoms with Gasteiger partial charge in [0.15, 0.2) is 0 Å². The van der Waals surface area contributed by atoms with Crippen molar-refractivity contribution in [3.8, 4) is 0 Å². The van der Waals surface area contributed by atoms with E-state index in [4.69, 9.17) is 0 Å². The fourth-order valence-corrected chi connectivity index (χ4v) is 2.66. The van der Waals surface area contributed by atoms with Crippen LogP contribution in [0.25, 0.3) is 10.9 Å². The van der Waals surface area contributed by atoms with Gasteiger partial charge in [0.1, 0.15) is 5.82 Å². The molecule has 24 heavy (non-hydrogen) atoms. The summed E-state index contributed by atoms with van der Waals surface area (Å²) in [5.74, 6) is -1.34. The number of aryl methyl sites for hydroxylation is 1. The van der Waals surface area contributed by atoms with Gasteiger partial charge in [-0.25, -0.2) is 4.39 Å². The molecule has 5 nitrogen and oxygen atoms in total. The highest BCUT2D eigenvalue weighted by atomic mass is 19.1. The van der Waals surface area contributed by atoms with Crippen LogP contribution in [-0.4, -0.2) is 21.0 Å². The molecule has 0 fully saturated rings. The summed E-state index contributed by atoms with van der Waals surface area (Å²) in [7, 11) is 0. The zero-order valence-corrected chi connectivity index (χ0v) is 13.1. The first-order valence-corrected chi connectivity index (χ1v) is 7.48. The van der Waals surface area contributed by atoms with Crippen LogP contribution < -0.4 is 5.32 Å². The Morgan fingerprint density at radius 3 is 2.71 bits per heavy atom. The normalized spacial score (nSPS) is 10.8. The van der Waals surface area contributed by atoms with Crippen LogP contribution in [0.3, 0.4) is 0 Å². The Bertz CT molecular complexity index is 898. The summed E-state index contributed by atoms with van der Waals surface area (Å²) >= 11 is 0. The molecule has 0 spiro atoms. The third-order valence-corrected chi connectivity index (χ3v) is 3.80. The second-order valence-corrected chi connectivity index (χ2v) is 5.49. The summed E-state index contributed by atoms with van der Waals surface area (Å²) < 4.78 is 13.7. The van der Waals surface area contributed by atoms with E-state index in [1.54, 1.807) is 25.4 Å². The van der Waals surface area contributed by atoms with E-state index in [2.05, 4.69) is 15.3 Å². The van der Waals surface area contributed by atoms with Gasteiger partial charge in [0, 0.05) is 41.3 Å². The lowest BCUT2D eigenvalue weighted by Gasteiger charge is -2.16. The molecule has 0 amide bonds. The van der Waals surface area contributed by atoms with Crippen molar-refractivity contribution in [1.29, 1.82) is 0 Å². The largest absolute Gasteiger partial charge is 0.481 e. The van der Waals surface area contributed by atoms with Crippen molar-refractivity contribution in [2.24, 2.45) is 0 Å². The third-order valence-electron chi connectivity index (χ3n) is 3.80. The number of anilines is 1. The summed E-state index contributed by atoms with van der Waals surface area (Å²) in [6.07, 6.45) is 3.19. The van der Waals surface area contributed by atoms with Gasteiger partial charge >= 0.3 is 5.97 Å². The number of hydrogen-bond donors (Lipinski definition) is 2. The zero-order valence-electron chi connectivity index (χ0n) is 13.1. The number of nitrogens with one attached hydrogen (secondary N) is 1. The second kappa shape index (κ2) is 6.62. The monoisotopic (exact) mass is 325 g/mol. The van der Waals surface area contributed by atoms with E-state index in [0.717, 1.165) is 5.56 Å². The Kier molecular flexibility index (Phi) is 4.37. The van der Waals surface area contributed by atoms with Crippen LogP contribution in [0.1, 0.15) is 16.8 Å². The Balaban J connectivity index is 2.09. The van der Waals surface area contributed by atoms with Gasteiger partial charge in [-0.3, -0.25) is 14.8 Å². The SMILES string of the molecule is Cc1nc2ccc(F)cc2c(NCc2ccncc2)c1CC(=O)O. The van der Waals surface area contributed by atoms with E-state index in [-0.39, 0.29) is 12.2 Å². The number of pyridine rings is 2. The highest BCUT2D eigenvalue weighted by molar-refractivity contribution is 5.94. The van der Waals surface area contributed by atoms with E-state index in [9.17, 15) is 14.3 Å². The van der Waals surface area contributed by atoms with Crippen LogP contribution in [-0.2, 0) is 17.8 Å². The van der Waals surface area contributed by atoms with Crippen molar-refractivity contribution >= 4 is 22.6 Å². The van der Waals surface area contributed by atoms with Gasteiger partial charge in [0.2, 0.25) is 0 Å². The van der Waals surface area contributed by atoms with Crippen molar-refractivity contribution in [3.63, 3.8) is 0 Å². The molecule has 122 valence electrons. The minimum Gasteiger partial charge on any atom is -0.481 e. The van der Waals surface area contributed by atoms with Crippen molar-refractivity contribution in [3.05, 3.63) is 65.4 Å². The Hall–Kier alpha value is -3.02. The molecule has 0 radical (unpaired) electrons. The molecule has 2 aromatic heterocycles. The first-order valence-electron chi connectivity index (χ1n) is 7.48. The fourth-order valence-electron chi connectivity index (χ4n) is 2.66. The van der Waals surface area contributed by atoms with Crippen LogP contribution in [0.15, 0.2) is 42.7 Å². The number of aromatic nitrogens is 2. The standard InChI is InChI=1S/C18H16FN3O2/c1-11-14(9-17(23)24)18(21-10-12-4-6-20-7-5-12)15-8-13(19)2-3-16(15)22-11/h2-8H,9-10H2,1H3,(H,21,22)(H,23,24). The summed E-state index contributed by atoms with van der Waals surface area (Å²) in [5, 5.41) is 13.0. The number of rotatable bonds is 5. The highest BCUT2D eigenvalue weighted by Gasteiger charge is 2.16. The topological polar surface area (TPSA) is 75.1 Å². The van der Waals surface area contributed by atoms with Crippen molar-refractivity contribution < 1.29 is 14.3 Å². The number of nitrogens with zero attached hydrogens (tertiary/aromatic N) is 2. The Labute approximate surface area is 138 Å². The first-order chi connectivity index (χ1) is 11.5. The van der Waals surface area contributed by atoms with E-state index in [0.29, 0.717) is 34.4 Å². The van der Waals surface area contributed by atoms with Crippen molar-refractivity contribution in [1.82, 2.24) is 9.97 Å². The third kappa shape index (κ3) is 3.32. The van der Waals surface area contributed by atoms with Crippen LogP contribution in [0.5, 0.6) is 0 Å². The van der Waals surface area contributed by atoms with E-state index < -0.39 is 5.97 Å². The first kappa shape index (κ1) is 15.9. The number of carbonyl (C=O) groups is 1. The summed E-state index contributed by atoms with van der Waals surface area (Å²) in [6.45, 7) is 2.24. The van der Waals surface area contributed by atoms with Gasteiger partial charge in [-0.2, -0.15) is 0 Å². The summed E-state index contributed by atoms with van der Waals surface area (Å²) in [5.41, 5.74) is 3.41. The summed E-state index contributed by atoms with van der Waals surface area (Å²) in [6, 6.07) is 8.04. The average molecular weight is 325 g/mol. The van der Waals surface area contributed by atoms with Crippen molar-refractivity contribution in [2.75, 3.05) is 5.32 Å². The maximum Gasteiger partial charge on any atom is 0.307 e. The van der Waals surface area contributed by atoms with Crippen LogP contribution in [0.2, 0.25) is 0 Å². The number of carboxylic acid groups (broad SMARTS) is 1. The highest BCUT2D eigenvalue weighted by Crippen LogP contribution is 2.30. The fraction of sp³-hybridized carbons (Fsp3) is 0.167. The number of halogens is 1. The van der Waals surface area contributed by atoms with Gasteiger partial charge in [-0.1, -0.05) is 0 Å². The molecule has 0 saturated heterocycles. The predicted molar refractivity (Wildman–Crippen MR) is 89.3 cm³/mol. The molecule has 0 atom stereocenters. The van der Waals surface area contributed by atoms with Gasteiger partial charge < -0.3 is 10.4 Å². The maximum atomic E-state index is 13.7. The molecule has 0 bridgehead atoms. The van der Waals surface area contributed by atoms with Gasteiger partial charge in [-0.05, 0) is 42.8 Å². The minimum absolute atomic E-state index is 0.177. The smallest absolute Gasteiger partial charge is 0.307 e. The quantitative estimate of drug-likeness (QED) is 0.753. The zero-order chi connectivity index (χ0) is 17.1. The van der Waals surface area contributed by atoms with Crippen LogP contribution >= 0.6 is 0 Å². The molecule has 0 aliphatic heterocycles. The van der Waals surface area contributed by atoms with E-state index in [1.807, 2.05) is 12.1 Å². The average Bonchev–Trinajstić information content (AvgIpc) is 2.56. The molecule has 0 aliphatic carbocycles. The molecule has 0 saturated carbocycles. The lowest BCUT2D eigenvalue weighted by molar-refractivity contribution is -0.136. The lowest BCUT2D eigenvalue weighted by Crippen LogP contribution is -2.10. The number of carboxylic acids is 1. The molecule has 6 heteroatoms. The van der Waals surface area contributed by atoms with Crippen molar-refractivity contribution in [2.45, 2.75) is 19.9 Å². The Morgan fingerprint density at radius 1 is 1.25 bits per heavy atom. The molecule has 0 unspecified atom stereocenters. The second-order valence-electron chi connectivity index (χ2n) is 5.49. The number of benzene rings is 1.